The summed E-state index contributed by atoms with van der Waals surface area (Å²) in [6.45, 7) is 3.28. The number of hydrogen-bond donors (Lipinski definition) is 1. The highest BCUT2D eigenvalue weighted by Crippen LogP contribution is 2.19. The van der Waals surface area contributed by atoms with Crippen LogP contribution in [0.4, 0.5) is 5.69 Å². The summed E-state index contributed by atoms with van der Waals surface area (Å²) >= 11 is 0. The van der Waals surface area contributed by atoms with Crippen LogP contribution in [0.3, 0.4) is 0 Å². The van der Waals surface area contributed by atoms with E-state index in [1.54, 1.807) is 13.8 Å². The fraction of sp³-hybridized carbons (Fsp3) is 0.417. The Labute approximate surface area is 113 Å². The van der Waals surface area contributed by atoms with Crippen LogP contribution in [0.25, 0.3) is 0 Å². The Balaban J connectivity index is 2.96. The number of likely N-dealkylation sites (N-methyl/N-ethyl adjacent to an activating group) is 1. The molecule has 0 aliphatic rings. The number of nitrogens with zero attached hydrogens (tertiary/aromatic N) is 1. The number of carbonyl (C=O) groups is 1. The predicted molar refractivity (Wildman–Crippen MR) is 72.0 cm³/mol. The zero-order valence-electron chi connectivity index (χ0n) is 11.2. The maximum absolute atomic E-state index is 12.2. The average Bonchev–Trinajstić information content (AvgIpc) is 2.32. The topological polar surface area (TPSA) is 89.7 Å². The van der Waals surface area contributed by atoms with Gasteiger partial charge in [0.2, 0.25) is 10.0 Å². The van der Waals surface area contributed by atoms with Gasteiger partial charge in [-0.05, 0) is 37.6 Å². The van der Waals surface area contributed by atoms with Gasteiger partial charge in [-0.1, -0.05) is 0 Å². The fourth-order valence-electron chi connectivity index (χ4n) is 1.46. The lowest BCUT2D eigenvalue weighted by molar-refractivity contribution is -0.143. The molecule has 0 amide bonds. The van der Waals surface area contributed by atoms with Crippen molar-refractivity contribution in [2.24, 2.45) is 0 Å². The monoisotopic (exact) mass is 286 g/mol. The maximum atomic E-state index is 12.2. The molecule has 0 saturated carbocycles. The van der Waals surface area contributed by atoms with Gasteiger partial charge in [-0.3, -0.25) is 4.79 Å². The molecule has 7 heteroatoms. The van der Waals surface area contributed by atoms with E-state index in [4.69, 9.17) is 10.5 Å². The molecule has 0 aromatic heterocycles. The first-order chi connectivity index (χ1) is 8.78. The minimum absolute atomic E-state index is 0.103. The zero-order valence-corrected chi connectivity index (χ0v) is 12.0. The number of esters is 1. The molecule has 0 fully saturated rings. The van der Waals surface area contributed by atoms with Crippen molar-refractivity contribution in [1.29, 1.82) is 0 Å². The van der Waals surface area contributed by atoms with Crippen LogP contribution in [0, 0.1) is 6.92 Å². The number of rotatable bonds is 5. The third-order valence-corrected chi connectivity index (χ3v) is 4.41. The molecule has 2 N–H and O–H groups in total. The number of nitrogen functional groups attached to an aromatic ring is 1. The van der Waals surface area contributed by atoms with Crippen molar-refractivity contribution in [2.75, 3.05) is 25.9 Å². The van der Waals surface area contributed by atoms with Crippen molar-refractivity contribution in [3.63, 3.8) is 0 Å². The minimum atomic E-state index is -3.71. The van der Waals surface area contributed by atoms with Crippen LogP contribution < -0.4 is 5.73 Å². The van der Waals surface area contributed by atoms with Crippen molar-refractivity contribution >= 4 is 21.7 Å². The van der Waals surface area contributed by atoms with Gasteiger partial charge in [0, 0.05) is 12.7 Å². The van der Waals surface area contributed by atoms with E-state index in [2.05, 4.69) is 0 Å². The first-order valence-electron chi connectivity index (χ1n) is 5.77. The fourth-order valence-corrected chi connectivity index (χ4v) is 2.66. The van der Waals surface area contributed by atoms with Crippen molar-refractivity contribution in [3.05, 3.63) is 23.8 Å². The summed E-state index contributed by atoms with van der Waals surface area (Å²) in [5, 5.41) is 0. The normalized spacial score (nSPS) is 11.6. The van der Waals surface area contributed by atoms with Crippen molar-refractivity contribution < 1.29 is 17.9 Å². The van der Waals surface area contributed by atoms with Gasteiger partial charge in [-0.25, -0.2) is 8.42 Å². The molecule has 6 nitrogen and oxygen atoms in total. The first-order valence-corrected chi connectivity index (χ1v) is 7.21. The predicted octanol–water partition coefficient (Wildman–Crippen LogP) is 0.761. The van der Waals surface area contributed by atoms with Crippen LogP contribution in [0.15, 0.2) is 23.1 Å². The molecule has 0 aliphatic carbocycles. The molecular formula is C12H18N2O4S. The van der Waals surface area contributed by atoms with E-state index < -0.39 is 16.0 Å². The molecule has 0 saturated heterocycles. The van der Waals surface area contributed by atoms with E-state index in [1.807, 2.05) is 0 Å². The molecule has 1 aromatic rings. The van der Waals surface area contributed by atoms with E-state index in [-0.39, 0.29) is 18.0 Å². The number of nitrogens with two attached hydrogens (primary N) is 1. The minimum Gasteiger partial charge on any atom is -0.465 e. The summed E-state index contributed by atoms with van der Waals surface area (Å²) in [4.78, 5) is 11.4. The van der Waals surface area contributed by atoms with Gasteiger partial charge in [0.25, 0.3) is 0 Å². The zero-order chi connectivity index (χ0) is 14.6. The molecule has 19 heavy (non-hydrogen) atoms. The lowest BCUT2D eigenvalue weighted by atomic mass is 10.2. The summed E-state index contributed by atoms with van der Waals surface area (Å²) in [5.41, 5.74) is 6.84. The molecule has 0 atom stereocenters. The number of sulfonamides is 1. The van der Waals surface area contributed by atoms with Crippen molar-refractivity contribution in [1.82, 2.24) is 4.31 Å². The Morgan fingerprint density at radius 3 is 2.58 bits per heavy atom. The second-order valence-electron chi connectivity index (χ2n) is 4.08. The number of ether oxygens (including phenoxy) is 1. The SMILES string of the molecule is CCOC(=O)CN(C)S(=O)(=O)c1ccc(N)c(C)c1. The third-order valence-electron chi connectivity index (χ3n) is 2.61. The van der Waals surface area contributed by atoms with E-state index in [0.29, 0.717) is 11.3 Å². The number of benzene rings is 1. The Morgan fingerprint density at radius 2 is 2.05 bits per heavy atom. The van der Waals surface area contributed by atoms with Gasteiger partial charge in [-0.2, -0.15) is 4.31 Å². The summed E-state index contributed by atoms with van der Waals surface area (Å²) in [7, 11) is -2.38. The highest BCUT2D eigenvalue weighted by atomic mass is 32.2. The van der Waals surface area contributed by atoms with Crippen LogP contribution in [0.2, 0.25) is 0 Å². The number of aryl methyl sites for hydroxylation is 1. The highest BCUT2D eigenvalue weighted by Gasteiger charge is 2.23. The molecular weight excluding hydrogens is 268 g/mol. The molecule has 1 aromatic carbocycles. The molecule has 0 spiro atoms. The van der Waals surface area contributed by atoms with Crippen LogP contribution in [0.5, 0.6) is 0 Å². The number of carbonyl (C=O) groups excluding carboxylic acids is 1. The Hall–Kier alpha value is -1.60. The molecule has 0 radical (unpaired) electrons. The largest absolute Gasteiger partial charge is 0.465 e. The van der Waals surface area contributed by atoms with Gasteiger partial charge in [-0.15, -0.1) is 0 Å². The Morgan fingerprint density at radius 1 is 1.42 bits per heavy atom. The van der Waals surface area contributed by atoms with Crippen LogP contribution >= 0.6 is 0 Å². The van der Waals surface area contributed by atoms with Crippen LogP contribution in [0.1, 0.15) is 12.5 Å². The lowest BCUT2D eigenvalue weighted by Gasteiger charge is -2.16. The number of anilines is 1. The highest BCUT2D eigenvalue weighted by molar-refractivity contribution is 7.89. The average molecular weight is 286 g/mol. The van der Waals surface area contributed by atoms with Gasteiger partial charge in [0.05, 0.1) is 11.5 Å². The van der Waals surface area contributed by atoms with Gasteiger partial charge >= 0.3 is 5.97 Å². The molecule has 106 valence electrons. The first kappa shape index (κ1) is 15.5. The Bertz CT molecular complexity index is 569. The van der Waals surface area contributed by atoms with E-state index in [0.717, 1.165) is 4.31 Å². The number of hydrogen-bond acceptors (Lipinski definition) is 5. The van der Waals surface area contributed by atoms with E-state index in [1.165, 1.54) is 25.2 Å². The van der Waals surface area contributed by atoms with E-state index in [9.17, 15) is 13.2 Å². The Kier molecular flexibility index (Phi) is 4.90. The summed E-state index contributed by atoms with van der Waals surface area (Å²) in [6.07, 6.45) is 0. The standard InChI is InChI=1S/C12H18N2O4S/c1-4-18-12(15)8-14(3)19(16,17)10-5-6-11(13)9(2)7-10/h5-7H,4,8,13H2,1-3H3. The van der Waals surface area contributed by atoms with Gasteiger partial charge in [0.15, 0.2) is 0 Å². The maximum Gasteiger partial charge on any atom is 0.321 e. The second kappa shape index (κ2) is 6.03. The summed E-state index contributed by atoms with van der Waals surface area (Å²) in [6, 6.07) is 4.42. The van der Waals surface area contributed by atoms with Crippen molar-refractivity contribution in [3.8, 4) is 0 Å². The lowest BCUT2D eigenvalue weighted by Crippen LogP contribution is -2.33. The molecule has 0 heterocycles. The molecule has 0 bridgehead atoms. The van der Waals surface area contributed by atoms with Crippen molar-refractivity contribution in [2.45, 2.75) is 18.7 Å². The quantitative estimate of drug-likeness (QED) is 0.637. The summed E-state index contributed by atoms with van der Waals surface area (Å²) in [5.74, 6) is -0.583. The second-order valence-corrected chi connectivity index (χ2v) is 6.13. The third kappa shape index (κ3) is 3.68. The molecule has 0 unspecified atom stereocenters. The van der Waals surface area contributed by atoms with Crippen LogP contribution in [-0.2, 0) is 19.6 Å². The van der Waals surface area contributed by atoms with E-state index >= 15 is 0 Å². The smallest absolute Gasteiger partial charge is 0.321 e. The molecule has 0 aliphatic heterocycles. The summed E-state index contributed by atoms with van der Waals surface area (Å²) < 4.78 is 30.1. The van der Waals surface area contributed by atoms with Crippen LogP contribution in [-0.4, -0.2) is 38.9 Å². The molecule has 1 rings (SSSR count). The van der Waals surface area contributed by atoms with Gasteiger partial charge in [0.1, 0.15) is 6.54 Å². The van der Waals surface area contributed by atoms with Gasteiger partial charge < -0.3 is 10.5 Å².